The highest BCUT2D eigenvalue weighted by atomic mass is 32.2. The van der Waals surface area contributed by atoms with Gasteiger partial charge in [-0.1, -0.05) is 6.42 Å². The van der Waals surface area contributed by atoms with Crippen LogP contribution in [0.3, 0.4) is 0 Å². The number of carbonyl (C=O) groups is 2. The lowest BCUT2D eigenvalue weighted by molar-refractivity contribution is -0.118. The summed E-state index contributed by atoms with van der Waals surface area (Å²) in [6, 6.07) is 0.516. The monoisotopic (exact) mass is 243 g/mol. The molecule has 0 radical (unpaired) electrons. The number of fused-ring (bicyclic) bond motifs is 1. The Morgan fingerprint density at radius 3 is 3.00 bits per heavy atom. The quantitative estimate of drug-likeness (QED) is 0.476. The number of unbranched alkanes of at least 4 members (excludes halogenated alkanes) is 1. The van der Waals surface area contributed by atoms with E-state index >= 15 is 0 Å². The van der Waals surface area contributed by atoms with Crippen molar-refractivity contribution in [3.63, 3.8) is 0 Å². The van der Waals surface area contributed by atoms with Crippen molar-refractivity contribution in [3.8, 4) is 0 Å². The van der Waals surface area contributed by atoms with Crippen molar-refractivity contribution in [2.45, 2.75) is 43.0 Å². The Balaban J connectivity index is 1.70. The summed E-state index contributed by atoms with van der Waals surface area (Å²) in [4.78, 5) is 21.7. The molecule has 4 N–H and O–H groups in total. The SMILES string of the molecule is NC(=O)CCCC[C@H]1SCC2NC(=O)N[C@H]21. The van der Waals surface area contributed by atoms with Crippen molar-refractivity contribution < 1.29 is 9.59 Å². The molecule has 3 amide bonds. The number of nitrogens with one attached hydrogen (secondary N) is 2. The van der Waals surface area contributed by atoms with Crippen LogP contribution in [0.15, 0.2) is 0 Å². The molecule has 2 aliphatic rings. The Bertz CT molecular complexity index is 298. The lowest BCUT2D eigenvalue weighted by Gasteiger charge is -2.16. The number of amides is 3. The molecule has 0 aromatic carbocycles. The Hall–Kier alpha value is -0.910. The van der Waals surface area contributed by atoms with E-state index in [9.17, 15) is 9.59 Å². The summed E-state index contributed by atoms with van der Waals surface area (Å²) in [5.41, 5.74) is 5.08. The summed E-state index contributed by atoms with van der Waals surface area (Å²) < 4.78 is 0. The van der Waals surface area contributed by atoms with Crippen molar-refractivity contribution >= 4 is 23.7 Å². The van der Waals surface area contributed by atoms with Crippen LogP contribution < -0.4 is 16.4 Å². The summed E-state index contributed by atoms with van der Waals surface area (Å²) in [6.45, 7) is 0. The summed E-state index contributed by atoms with van der Waals surface area (Å²) in [5.74, 6) is 0.761. The third-order valence-electron chi connectivity index (χ3n) is 3.10. The van der Waals surface area contributed by atoms with Gasteiger partial charge >= 0.3 is 6.03 Å². The van der Waals surface area contributed by atoms with Crippen molar-refractivity contribution in [2.24, 2.45) is 5.73 Å². The molecular weight excluding hydrogens is 226 g/mol. The van der Waals surface area contributed by atoms with Crippen molar-refractivity contribution in [3.05, 3.63) is 0 Å². The minimum Gasteiger partial charge on any atom is -0.370 e. The van der Waals surface area contributed by atoms with Gasteiger partial charge in [-0.3, -0.25) is 4.79 Å². The molecule has 0 aromatic heterocycles. The first kappa shape index (κ1) is 11.6. The first-order valence-corrected chi connectivity index (χ1v) is 6.68. The second-order valence-corrected chi connectivity index (χ2v) is 5.61. The fraction of sp³-hybridized carbons (Fsp3) is 0.800. The largest absolute Gasteiger partial charge is 0.370 e. The summed E-state index contributed by atoms with van der Waals surface area (Å²) in [7, 11) is 0. The predicted octanol–water partition coefficient (Wildman–Crippen LogP) is 0.197. The highest BCUT2D eigenvalue weighted by molar-refractivity contribution is 8.00. The van der Waals surface area contributed by atoms with Gasteiger partial charge in [0.15, 0.2) is 0 Å². The maximum absolute atomic E-state index is 11.1. The zero-order valence-electron chi connectivity index (χ0n) is 9.07. The topological polar surface area (TPSA) is 84.2 Å². The van der Waals surface area contributed by atoms with E-state index in [-0.39, 0.29) is 18.0 Å². The van der Waals surface area contributed by atoms with E-state index < -0.39 is 0 Å². The minimum absolute atomic E-state index is 0.0440. The third kappa shape index (κ3) is 2.61. The highest BCUT2D eigenvalue weighted by Gasteiger charge is 2.42. The van der Waals surface area contributed by atoms with Crippen molar-refractivity contribution in [1.29, 1.82) is 0 Å². The first-order chi connectivity index (χ1) is 7.66. The molecule has 2 fully saturated rings. The summed E-state index contributed by atoms with van der Waals surface area (Å²) >= 11 is 1.90. The van der Waals surface area contributed by atoms with Crippen LogP contribution in [0.2, 0.25) is 0 Å². The van der Waals surface area contributed by atoms with Gasteiger partial charge in [0, 0.05) is 17.4 Å². The molecule has 5 nitrogen and oxygen atoms in total. The fourth-order valence-electron chi connectivity index (χ4n) is 2.29. The van der Waals surface area contributed by atoms with Crippen LogP contribution in [0.25, 0.3) is 0 Å². The van der Waals surface area contributed by atoms with Gasteiger partial charge in [-0.25, -0.2) is 4.79 Å². The average molecular weight is 243 g/mol. The van der Waals surface area contributed by atoms with Crippen molar-refractivity contribution in [2.75, 3.05) is 5.75 Å². The maximum atomic E-state index is 11.1. The lowest BCUT2D eigenvalue weighted by Crippen LogP contribution is -2.36. The van der Waals surface area contributed by atoms with Gasteiger partial charge in [0.05, 0.1) is 12.1 Å². The van der Waals surface area contributed by atoms with E-state index in [4.69, 9.17) is 5.73 Å². The van der Waals surface area contributed by atoms with Crippen LogP contribution in [0.5, 0.6) is 0 Å². The van der Waals surface area contributed by atoms with Crippen LogP contribution >= 0.6 is 11.8 Å². The molecule has 2 rings (SSSR count). The Labute approximate surface area is 98.9 Å². The Morgan fingerprint density at radius 2 is 2.25 bits per heavy atom. The van der Waals surface area contributed by atoms with Crippen LogP contribution in [0, 0.1) is 0 Å². The van der Waals surface area contributed by atoms with Crippen molar-refractivity contribution in [1.82, 2.24) is 10.6 Å². The van der Waals surface area contributed by atoms with Gasteiger partial charge in [-0.15, -0.1) is 0 Å². The minimum atomic E-state index is -0.229. The molecule has 0 spiro atoms. The molecule has 0 bridgehead atoms. The number of urea groups is 1. The molecular formula is C10H17N3O2S. The van der Waals surface area contributed by atoms with Crippen LogP contribution in [-0.4, -0.2) is 35.0 Å². The molecule has 3 atom stereocenters. The molecule has 2 saturated heterocycles. The zero-order valence-corrected chi connectivity index (χ0v) is 9.89. The van der Waals surface area contributed by atoms with Gasteiger partial charge in [0.25, 0.3) is 0 Å². The molecule has 0 aliphatic carbocycles. The summed E-state index contributed by atoms with van der Waals surface area (Å²) in [5, 5.41) is 6.35. The number of nitrogens with two attached hydrogens (primary N) is 1. The number of hydrogen-bond acceptors (Lipinski definition) is 3. The van der Waals surface area contributed by atoms with E-state index in [1.807, 2.05) is 11.8 Å². The average Bonchev–Trinajstić information content (AvgIpc) is 2.72. The zero-order chi connectivity index (χ0) is 11.5. The molecule has 0 saturated carbocycles. The van der Waals surface area contributed by atoms with E-state index in [1.165, 1.54) is 0 Å². The van der Waals surface area contributed by atoms with E-state index in [2.05, 4.69) is 10.6 Å². The summed E-state index contributed by atoms with van der Waals surface area (Å²) in [6.07, 6.45) is 3.36. The van der Waals surface area contributed by atoms with E-state index in [0.717, 1.165) is 25.0 Å². The fourth-order valence-corrected chi connectivity index (χ4v) is 3.83. The Morgan fingerprint density at radius 1 is 1.44 bits per heavy atom. The molecule has 2 heterocycles. The standard InChI is InChI=1S/C10H17N3O2S/c11-8(14)4-2-1-3-7-9-6(5-16-7)12-10(15)13-9/h6-7,9H,1-5H2,(H2,11,14)(H2,12,13,15)/t6?,7-,9-/m1/s1. The molecule has 6 heteroatoms. The van der Waals surface area contributed by atoms with Gasteiger partial charge in [-0.2, -0.15) is 11.8 Å². The van der Waals surface area contributed by atoms with Crippen LogP contribution in [0.1, 0.15) is 25.7 Å². The predicted molar refractivity (Wildman–Crippen MR) is 63.2 cm³/mol. The number of hydrogen-bond donors (Lipinski definition) is 3. The number of thioether (sulfide) groups is 1. The molecule has 1 unspecified atom stereocenters. The normalized spacial score (nSPS) is 32.0. The maximum Gasteiger partial charge on any atom is 0.315 e. The number of rotatable bonds is 5. The van der Waals surface area contributed by atoms with Crippen LogP contribution in [0.4, 0.5) is 4.79 Å². The van der Waals surface area contributed by atoms with Gasteiger partial charge in [0.1, 0.15) is 0 Å². The number of carbonyl (C=O) groups excluding carboxylic acids is 2. The van der Waals surface area contributed by atoms with E-state index in [1.54, 1.807) is 0 Å². The molecule has 0 aromatic rings. The second kappa shape index (κ2) is 4.95. The van der Waals surface area contributed by atoms with Gasteiger partial charge in [0.2, 0.25) is 5.91 Å². The van der Waals surface area contributed by atoms with Gasteiger partial charge in [-0.05, 0) is 12.8 Å². The first-order valence-electron chi connectivity index (χ1n) is 5.64. The molecule has 2 aliphatic heterocycles. The number of primary amides is 1. The lowest BCUT2D eigenvalue weighted by atomic mass is 10.0. The third-order valence-corrected chi connectivity index (χ3v) is 4.61. The smallest absolute Gasteiger partial charge is 0.315 e. The second-order valence-electron chi connectivity index (χ2n) is 4.33. The molecule has 16 heavy (non-hydrogen) atoms. The van der Waals surface area contributed by atoms with Crippen LogP contribution in [-0.2, 0) is 4.79 Å². The van der Waals surface area contributed by atoms with E-state index in [0.29, 0.717) is 17.7 Å². The Kier molecular flexibility index (Phi) is 3.58. The van der Waals surface area contributed by atoms with Gasteiger partial charge < -0.3 is 16.4 Å². The highest BCUT2D eigenvalue weighted by Crippen LogP contribution is 2.33. The molecule has 90 valence electrons.